The topological polar surface area (TPSA) is 77.2 Å². The highest BCUT2D eigenvalue weighted by molar-refractivity contribution is 7.91. The van der Waals surface area contributed by atoms with Crippen molar-refractivity contribution in [2.24, 2.45) is 5.14 Å². The van der Waals surface area contributed by atoms with E-state index in [9.17, 15) is 13.2 Å². The molecule has 0 aromatic carbocycles. The SMILES string of the molecule is CCC(=O)c1cc(Cl)sc1S(N)(=O)=O. The number of sulfonamides is 1. The molecule has 0 radical (unpaired) electrons. The number of rotatable bonds is 3. The fourth-order valence-electron chi connectivity index (χ4n) is 0.942. The normalized spacial score (nSPS) is 11.6. The van der Waals surface area contributed by atoms with Gasteiger partial charge in [-0.3, -0.25) is 4.79 Å². The van der Waals surface area contributed by atoms with Gasteiger partial charge in [0.25, 0.3) is 0 Å². The van der Waals surface area contributed by atoms with Gasteiger partial charge in [-0.2, -0.15) is 0 Å². The molecule has 1 heterocycles. The summed E-state index contributed by atoms with van der Waals surface area (Å²) in [5.41, 5.74) is 0.0880. The number of carbonyl (C=O) groups excluding carboxylic acids is 1. The van der Waals surface area contributed by atoms with E-state index in [1.165, 1.54) is 6.07 Å². The molecule has 4 nitrogen and oxygen atoms in total. The van der Waals surface area contributed by atoms with Crippen LogP contribution in [0.4, 0.5) is 0 Å². The van der Waals surface area contributed by atoms with Crippen LogP contribution in [-0.4, -0.2) is 14.2 Å². The zero-order chi connectivity index (χ0) is 10.9. The fourth-order valence-corrected chi connectivity index (χ4v) is 3.27. The van der Waals surface area contributed by atoms with Gasteiger partial charge in [0, 0.05) is 6.42 Å². The van der Waals surface area contributed by atoms with Gasteiger partial charge in [0.1, 0.15) is 4.21 Å². The second-order valence-corrected chi connectivity index (χ2v) is 6.01. The Hall–Kier alpha value is -0.430. The molecule has 1 rings (SSSR count). The molecule has 0 atom stereocenters. The Morgan fingerprint density at radius 1 is 1.64 bits per heavy atom. The average molecular weight is 254 g/mol. The summed E-state index contributed by atoms with van der Waals surface area (Å²) in [6.07, 6.45) is 0.218. The van der Waals surface area contributed by atoms with Crippen molar-refractivity contribution in [3.05, 3.63) is 16.0 Å². The Morgan fingerprint density at radius 2 is 2.21 bits per heavy atom. The van der Waals surface area contributed by atoms with Gasteiger partial charge in [0.2, 0.25) is 10.0 Å². The van der Waals surface area contributed by atoms with Crippen molar-refractivity contribution >= 4 is 38.7 Å². The van der Waals surface area contributed by atoms with Crippen LogP contribution in [0.2, 0.25) is 4.34 Å². The Bertz CT molecular complexity index is 463. The summed E-state index contributed by atoms with van der Waals surface area (Å²) in [5, 5.41) is 4.94. The van der Waals surface area contributed by atoms with Crippen molar-refractivity contribution in [3.63, 3.8) is 0 Å². The lowest BCUT2D eigenvalue weighted by atomic mass is 10.2. The van der Waals surface area contributed by atoms with Crippen LogP contribution < -0.4 is 5.14 Å². The zero-order valence-electron chi connectivity index (χ0n) is 7.28. The van der Waals surface area contributed by atoms with Crippen LogP contribution in [0.1, 0.15) is 23.7 Å². The van der Waals surface area contributed by atoms with Crippen LogP contribution in [0.15, 0.2) is 10.3 Å². The molecule has 0 fully saturated rings. The first kappa shape index (κ1) is 11.6. The zero-order valence-corrected chi connectivity index (χ0v) is 9.67. The summed E-state index contributed by atoms with van der Waals surface area (Å²) in [6, 6.07) is 1.33. The first-order valence-corrected chi connectivity index (χ1v) is 6.45. The van der Waals surface area contributed by atoms with E-state index in [-0.39, 0.29) is 26.3 Å². The van der Waals surface area contributed by atoms with Crippen molar-refractivity contribution in [3.8, 4) is 0 Å². The first-order valence-electron chi connectivity index (χ1n) is 3.71. The third-order valence-electron chi connectivity index (χ3n) is 1.55. The Labute approximate surface area is 90.7 Å². The second kappa shape index (κ2) is 3.98. The van der Waals surface area contributed by atoms with Crippen LogP contribution in [0.5, 0.6) is 0 Å². The average Bonchev–Trinajstić information content (AvgIpc) is 2.45. The highest BCUT2D eigenvalue weighted by atomic mass is 35.5. The van der Waals surface area contributed by atoms with E-state index in [1.54, 1.807) is 6.92 Å². The van der Waals surface area contributed by atoms with Crippen LogP contribution in [-0.2, 0) is 10.0 Å². The summed E-state index contributed by atoms with van der Waals surface area (Å²) < 4.78 is 22.2. The van der Waals surface area contributed by atoms with Crippen LogP contribution in [0.25, 0.3) is 0 Å². The minimum Gasteiger partial charge on any atom is -0.294 e. The van der Waals surface area contributed by atoms with Gasteiger partial charge >= 0.3 is 0 Å². The van der Waals surface area contributed by atoms with Gasteiger partial charge in [-0.15, -0.1) is 11.3 Å². The van der Waals surface area contributed by atoms with Crippen molar-refractivity contribution in [2.75, 3.05) is 0 Å². The maximum absolute atomic E-state index is 11.3. The molecular weight excluding hydrogens is 246 g/mol. The van der Waals surface area contributed by atoms with Crippen molar-refractivity contribution in [1.29, 1.82) is 0 Å². The van der Waals surface area contributed by atoms with E-state index < -0.39 is 10.0 Å². The third-order valence-corrected chi connectivity index (χ3v) is 4.29. The lowest BCUT2D eigenvalue weighted by molar-refractivity contribution is 0.0986. The number of carbonyl (C=O) groups is 1. The molecular formula is C7H8ClNO3S2. The molecule has 2 N–H and O–H groups in total. The van der Waals surface area contributed by atoms with Gasteiger partial charge in [-0.1, -0.05) is 18.5 Å². The lowest BCUT2D eigenvalue weighted by Crippen LogP contribution is -2.14. The van der Waals surface area contributed by atoms with Crippen LogP contribution in [0.3, 0.4) is 0 Å². The molecule has 78 valence electrons. The fraction of sp³-hybridized carbons (Fsp3) is 0.286. The van der Waals surface area contributed by atoms with Gasteiger partial charge < -0.3 is 0 Å². The molecule has 0 aliphatic rings. The number of primary sulfonamides is 1. The lowest BCUT2D eigenvalue weighted by Gasteiger charge is -1.97. The minimum absolute atomic E-state index is 0.0880. The summed E-state index contributed by atoms with van der Waals surface area (Å²) in [6.45, 7) is 1.64. The summed E-state index contributed by atoms with van der Waals surface area (Å²) in [5.74, 6) is -0.280. The number of hydrogen-bond donors (Lipinski definition) is 1. The van der Waals surface area contributed by atoms with Gasteiger partial charge in [-0.05, 0) is 6.07 Å². The summed E-state index contributed by atoms with van der Waals surface area (Å²) in [7, 11) is -3.85. The predicted octanol–water partition coefficient (Wildman–Crippen LogP) is 1.64. The largest absolute Gasteiger partial charge is 0.294 e. The Kier molecular flexibility index (Phi) is 3.31. The summed E-state index contributed by atoms with van der Waals surface area (Å²) >= 11 is 6.42. The Morgan fingerprint density at radius 3 is 2.64 bits per heavy atom. The molecule has 0 unspecified atom stereocenters. The first-order chi connectivity index (χ1) is 6.36. The van der Waals surface area contributed by atoms with Crippen molar-refractivity contribution < 1.29 is 13.2 Å². The maximum atomic E-state index is 11.3. The molecule has 0 aliphatic heterocycles. The molecule has 1 aromatic rings. The number of halogens is 1. The van der Waals surface area contributed by atoms with Gasteiger partial charge in [-0.25, -0.2) is 13.6 Å². The highest BCUT2D eigenvalue weighted by Gasteiger charge is 2.21. The number of nitrogens with two attached hydrogens (primary N) is 1. The molecule has 0 bridgehead atoms. The molecule has 0 spiro atoms. The third kappa shape index (κ3) is 2.33. The Balaban J connectivity index is 3.38. The summed E-state index contributed by atoms with van der Waals surface area (Å²) in [4.78, 5) is 11.3. The van der Waals surface area contributed by atoms with E-state index in [2.05, 4.69) is 0 Å². The quantitative estimate of drug-likeness (QED) is 0.832. The molecule has 7 heteroatoms. The second-order valence-electron chi connectivity index (χ2n) is 2.57. The number of hydrogen-bond acceptors (Lipinski definition) is 4. The van der Waals surface area contributed by atoms with E-state index >= 15 is 0 Å². The number of thiophene rings is 1. The van der Waals surface area contributed by atoms with Crippen molar-refractivity contribution in [2.45, 2.75) is 17.6 Å². The van der Waals surface area contributed by atoms with Crippen molar-refractivity contribution in [1.82, 2.24) is 0 Å². The monoisotopic (exact) mass is 253 g/mol. The molecule has 14 heavy (non-hydrogen) atoms. The maximum Gasteiger partial charge on any atom is 0.248 e. The molecule has 0 saturated heterocycles. The molecule has 1 aromatic heterocycles. The van der Waals surface area contributed by atoms with Gasteiger partial charge in [0.15, 0.2) is 5.78 Å². The molecule has 0 aliphatic carbocycles. The molecule has 0 saturated carbocycles. The minimum atomic E-state index is -3.85. The smallest absolute Gasteiger partial charge is 0.248 e. The van der Waals surface area contributed by atoms with Crippen LogP contribution in [0, 0.1) is 0 Å². The highest BCUT2D eigenvalue weighted by Crippen LogP contribution is 2.30. The van der Waals surface area contributed by atoms with E-state index in [4.69, 9.17) is 16.7 Å². The van der Waals surface area contributed by atoms with Gasteiger partial charge in [0.05, 0.1) is 9.90 Å². The van der Waals surface area contributed by atoms with E-state index in [0.29, 0.717) is 0 Å². The van der Waals surface area contributed by atoms with Crippen LogP contribution >= 0.6 is 22.9 Å². The number of ketones is 1. The molecule has 0 amide bonds. The van der Waals surface area contributed by atoms with E-state index in [0.717, 1.165) is 11.3 Å². The number of Topliss-reactive ketones (excluding diaryl/α,β-unsaturated/α-hetero) is 1. The predicted molar refractivity (Wildman–Crippen MR) is 55.3 cm³/mol. The standard InChI is InChI=1S/C7H8ClNO3S2/c1-2-5(10)4-3-6(8)13-7(4)14(9,11)12/h3H,2H2,1H3,(H2,9,11,12). The van der Waals surface area contributed by atoms with E-state index in [1.807, 2.05) is 0 Å².